The number of rotatable bonds is 6. The molecule has 3 heterocycles. The minimum absolute atomic E-state index is 0.0239. The molecule has 6 rings (SSSR count). The minimum Gasteiger partial charge on any atom is -0.497 e. The summed E-state index contributed by atoms with van der Waals surface area (Å²) in [5.74, 6) is 1.18. The van der Waals surface area contributed by atoms with E-state index < -0.39 is 0 Å². The molecule has 1 amide bonds. The van der Waals surface area contributed by atoms with Crippen LogP contribution in [0.15, 0.2) is 83.7 Å². The van der Waals surface area contributed by atoms with Gasteiger partial charge in [-0.2, -0.15) is 5.10 Å². The summed E-state index contributed by atoms with van der Waals surface area (Å²) in [6.45, 7) is 1.08. The zero-order valence-corrected chi connectivity index (χ0v) is 21.8. The number of carbonyl (C=O) groups is 1. The first-order valence-electron chi connectivity index (χ1n) is 12.9. The monoisotopic (exact) mass is 523 g/mol. The van der Waals surface area contributed by atoms with E-state index in [2.05, 4.69) is 4.98 Å². The van der Waals surface area contributed by atoms with E-state index in [-0.39, 0.29) is 17.6 Å². The van der Waals surface area contributed by atoms with E-state index >= 15 is 0 Å². The Labute approximate surface area is 225 Å². The lowest BCUT2D eigenvalue weighted by Gasteiger charge is -2.32. The van der Waals surface area contributed by atoms with Crippen molar-refractivity contribution in [3.8, 4) is 28.4 Å². The van der Waals surface area contributed by atoms with Gasteiger partial charge in [-0.1, -0.05) is 30.3 Å². The van der Waals surface area contributed by atoms with Crippen molar-refractivity contribution >= 4 is 16.9 Å². The van der Waals surface area contributed by atoms with Gasteiger partial charge in [-0.3, -0.25) is 9.36 Å². The molecule has 5 aromatic rings. The molecule has 0 aliphatic carbocycles. The van der Waals surface area contributed by atoms with E-state index in [0.717, 1.165) is 22.3 Å². The number of hydrogen-bond acceptors (Lipinski definition) is 5. The number of benzene rings is 3. The number of fused-ring (bicyclic) bond motifs is 1. The van der Waals surface area contributed by atoms with E-state index in [1.54, 1.807) is 25.0 Å². The molecule has 1 aliphatic heterocycles. The number of H-pyrrole nitrogens is 1. The Bertz CT molecular complexity index is 1690. The molecule has 1 N–H and O–H groups in total. The molecule has 0 atom stereocenters. The summed E-state index contributed by atoms with van der Waals surface area (Å²) in [5, 5.41) is 4.83. The molecule has 1 fully saturated rings. The maximum absolute atomic E-state index is 13.9. The highest BCUT2D eigenvalue weighted by Gasteiger charge is 2.29. The Balaban J connectivity index is 1.31. The Kier molecular flexibility index (Phi) is 6.40. The Morgan fingerprint density at radius 2 is 1.67 bits per heavy atom. The minimum atomic E-state index is -0.110. The number of piperidine rings is 1. The average Bonchev–Trinajstić information content (AvgIpc) is 3.58. The van der Waals surface area contributed by atoms with Gasteiger partial charge >= 0.3 is 5.69 Å². The van der Waals surface area contributed by atoms with Crippen LogP contribution in [0.3, 0.4) is 0 Å². The lowest BCUT2D eigenvalue weighted by atomic mass is 10.0. The fourth-order valence-corrected chi connectivity index (χ4v) is 5.37. The smallest absolute Gasteiger partial charge is 0.326 e. The number of ether oxygens (including phenoxy) is 2. The summed E-state index contributed by atoms with van der Waals surface area (Å²) in [4.78, 5) is 31.4. The first-order valence-corrected chi connectivity index (χ1v) is 12.9. The third-order valence-electron chi connectivity index (χ3n) is 7.35. The number of para-hydroxylation sites is 3. The average molecular weight is 524 g/mol. The third-order valence-corrected chi connectivity index (χ3v) is 7.35. The maximum atomic E-state index is 13.9. The molecule has 0 spiro atoms. The van der Waals surface area contributed by atoms with Crippen molar-refractivity contribution < 1.29 is 14.3 Å². The second-order valence-electron chi connectivity index (χ2n) is 9.57. The zero-order valence-electron chi connectivity index (χ0n) is 21.8. The number of hydrogen-bond donors (Lipinski definition) is 1. The van der Waals surface area contributed by atoms with Crippen LogP contribution in [0, 0.1) is 0 Å². The molecule has 9 heteroatoms. The normalized spacial score (nSPS) is 14.1. The van der Waals surface area contributed by atoms with Gasteiger partial charge in [0.05, 0.1) is 36.6 Å². The number of aromatic amines is 1. The lowest BCUT2D eigenvalue weighted by molar-refractivity contribution is 0.0685. The highest BCUT2D eigenvalue weighted by molar-refractivity contribution is 5.94. The molecule has 0 unspecified atom stereocenters. The maximum Gasteiger partial charge on any atom is 0.326 e. The Morgan fingerprint density at radius 1 is 0.923 bits per heavy atom. The number of imidazole rings is 1. The van der Waals surface area contributed by atoms with Crippen LogP contribution in [0.1, 0.15) is 29.4 Å². The molecule has 1 aliphatic rings. The lowest BCUT2D eigenvalue weighted by Crippen LogP contribution is -2.41. The van der Waals surface area contributed by atoms with Gasteiger partial charge < -0.3 is 19.4 Å². The largest absolute Gasteiger partial charge is 0.497 e. The number of likely N-dealkylation sites (tertiary alicyclic amines) is 1. The summed E-state index contributed by atoms with van der Waals surface area (Å²) in [7, 11) is 3.20. The van der Waals surface area contributed by atoms with Crippen molar-refractivity contribution in [2.45, 2.75) is 18.9 Å². The van der Waals surface area contributed by atoms with Crippen molar-refractivity contribution in [3.05, 3.63) is 95.0 Å². The van der Waals surface area contributed by atoms with Crippen LogP contribution in [0.2, 0.25) is 0 Å². The highest BCUT2D eigenvalue weighted by atomic mass is 16.5. The zero-order chi connectivity index (χ0) is 26.9. The van der Waals surface area contributed by atoms with Gasteiger partial charge in [0.15, 0.2) is 0 Å². The molecule has 0 saturated carbocycles. The quantitative estimate of drug-likeness (QED) is 0.349. The van der Waals surface area contributed by atoms with E-state index in [0.29, 0.717) is 48.8 Å². The Hall–Kier alpha value is -4.79. The van der Waals surface area contributed by atoms with Gasteiger partial charge in [0.2, 0.25) is 0 Å². The van der Waals surface area contributed by atoms with E-state index in [4.69, 9.17) is 14.6 Å². The second kappa shape index (κ2) is 10.2. The standard InChI is InChI=1S/C30H29N5O4/c1-38-22-12-13-23(28(18-22)39-2)25-19-27(35(32-25)21-8-4-3-5-9-21)29(36)33-16-14-20(15-17-33)34-26-11-7-6-10-24(26)31-30(34)37/h3-13,18-20H,14-17H2,1-2H3,(H,31,37). The van der Waals surface area contributed by atoms with Crippen molar-refractivity contribution in [2.24, 2.45) is 0 Å². The summed E-state index contributed by atoms with van der Waals surface area (Å²) >= 11 is 0. The molecule has 39 heavy (non-hydrogen) atoms. The second-order valence-corrected chi connectivity index (χ2v) is 9.57. The van der Waals surface area contributed by atoms with Crippen LogP contribution in [0.4, 0.5) is 0 Å². The van der Waals surface area contributed by atoms with Gasteiger partial charge in [0.1, 0.15) is 17.2 Å². The molecular weight excluding hydrogens is 494 g/mol. The number of nitrogens with one attached hydrogen (secondary N) is 1. The number of carbonyl (C=O) groups excluding carboxylic acids is 1. The van der Waals surface area contributed by atoms with Gasteiger partial charge in [0.25, 0.3) is 5.91 Å². The molecule has 0 radical (unpaired) electrons. The number of nitrogens with zero attached hydrogens (tertiary/aromatic N) is 4. The fraction of sp³-hybridized carbons (Fsp3) is 0.233. The highest BCUT2D eigenvalue weighted by Crippen LogP contribution is 2.34. The topological polar surface area (TPSA) is 94.4 Å². The molecule has 3 aromatic carbocycles. The van der Waals surface area contributed by atoms with Crippen molar-refractivity contribution in [1.82, 2.24) is 24.2 Å². The molecular formula is C30H29N5O4. The Morgan fingerprint density at radius 3 is 2.41 bits per heavy atom. The van der Waals surface area contributed by atoms with Crippen LogP contribution >= 0.6 is 0 Å². The molecule has 198 valence electrons. The van der Waals surface area contributed by atoms with Gasteiger partial charge in [0, 0.05) is 30.8 Å². The van der Waals surface area contributed by atoms with Gasteiger partial charge in [-0.05, 0) is 55.3 Å². The summed E-state index contributed by atoms with van der Waals surface area (Å²) in [5.41, 5.74) is 4.26. The van der Waals surface area contributed by atoms with E-state index in [1.807, 2.05) is 82.3 Å². The predicted molar refractivity (Wildman–Crippen MR) is 149 cm³/mol. The van der Waals surface area contributed by atoms with Crippen molar-refractivity contribution in [3.63, 3.8) is 0 Å². The fourth-order valence-electron chi connectivity index (χ4n) is 5.37. The number of amides is 1. The number of aromatic nitrogens is 4. The first-order chi connectivity index (χ1) is 19.1. The summed E-state index contributed by atoms with van der Waals surface area (Å²) < 4.78 is 14.5. The predicted octanol–water partition coefficient (Wildman–Crippen LogP) is 4.68. The molecule has 9 nitrogen and oxygen atoms in total. The van der Waals surface area contributed by atoms with Gasteiger partial charge in [-0.15, -0.1) is 0 Å². The van der Waals surface area contributed by atoms with Crippen LogP contribution in [0.25, 0.3) is 28.0 Å². The number of methoxy groups -OCH3 is 2. The third kappa shape index (κ3) is 4.46. The van der Waals surface area contributed by atoms with Crippen molar-refractivity contribution in [1.29, 1.82) is 0 Å². The molecule has 2 aromatic heterocycles. The SMILES string of the molecule is COc1ccc(-c2cc(C(=O)N3CCC(n4c(=O)[nH]c5ccccc54)CC3)n(-c3ccccc3)n2)c(OC)c1. The van der Waals surface area contributed by atoms with Gasteiger partial charge in [-0.25, -0.2) is 9.48 Å². The van der Waals surface area contributed by atoms with Crippen LogP contribution in [-0.2, 0) is 0 Å². The van der Waals surface area contributed by atoms with Crippen LogP contribution < -0.4 is 15.2 Å². The summed E-state index contributed by atoms with van der Waals surface area (Å²) in [6.07, 6.45) is 1.37. The molecule has 1 saturated heterocycles. The first kappa shape index (κ1) is 24.5. The van der Waals surface area contributed by atoms with Crippen LogP contribution in [0.5, 0.6) is 11.5 Å². The van der Waals surface area contributed by atoms with E-state index in [9.17, 15) is 9.59 Å². The summed E-state index contributed by atoms with van der Waals surface area (Å²) in [6, 6.07) is 24.7. The molecule has 0 bridgehead atoms. The van der Waals surface area contributed by atoms with E-state index in [1.165, 1.54) is 0 Å². The van der Waals surface area contributed by atoms with Crippen LogP contribution in [-0.4, -0.2) is 57.4 Å². The van der Waals surface area contributed by atoms with Crippen molar-refractivity contribution in [2.75, 3.05) is 27.3 Å².